The fourth-order valence-electron chi connectivity index (χ4n) is 2.53. The molecule has 0 aromatic heterocycles. The van der Waals surface area contributed by atoms with Gasteiger partial charge in [-0.15, -0.1) is 0 Å². The first-order valence-corrected chi connectivity index (χ1v) is 8.63. The number of rotatable bonds is 9. The van der Waals surface area contributed by atoms with Gasteiger partial charge in [-0.2, -0.15) is 0 Å². The first kappa shape index (κ1) is 19.0. The van der Waals surface area contributed by atoms with Crippen LogP contribution in [-0.2, 0) is 16.6 Å². The molecule has 0 saturated carbocycles. The molecule has 2 heteroatoms. The number of methoxy groups -OCH3 is 1. The smallest absolute Gasteiger partial charge is 0.122 e. The van der Waals surface area contributed by atoms with Crippen molar-refractivity contribution in [3.63, 3.8) is 0 Å². The molecule has 0 radical (unpaired) electrons. The molecule has 0 unspecified atom stereocenters. The Hall–Kier alpha value is -1.02. The molecule has 1 rings (SSSR count). The summed E-state index contributed by atoms with van der Waals surface area (Å²) in [7, 11) is 1.76. The molecule has 0 aliphatic rings. The lowest BCUT2D eigenvalue weighted by Crippen LogP contribution is -2.11. The zero-order chi connectivity index (χ0) is 16.6. The first-order chi connectivity index (χ1) is 10.3. The molecular weight excluding hydrogens is 272 g/mol. The molecule has 0 atom stereocenters. The molecule has 0 heterocycles. The fourth-order valence-corrected chi connectivity index (χ4v) is 2.53. The third kappa shape index (κ3) is 6.83. The average molecular weight is 306 g/mol. The van der Waals surface area contributed by atoms with Crippen LogP contribution in [0, 0.1) is 0 Å². The molecular formula is C20H34O2. The maximum Gasteiger partial charge on any atom is 0.122 e. The number of hydrogen-bond acceptors (Lipinski definition) is 2. The van der Waals surface area contributed by atoms with Gasteiger partial charge in [0.15, 0.2) is 0 Å². The van der Waals surface area contributed by atoms with Gasteiger partial charge in [-0.05, 0) is 55.7 Å². The number of hydrogen-bond donors (Lipinski definition) is 0. The minimum Gasteiger partial charge on any atom is -0.496 e. The van der Waals surface area contributed by atoms with Crippen molar-refractivity contribution in [2.24, 2.45) is 0 Å². The van der Waals surface area contributed by atoms with Gasteiger partial charge < -0.3 is 9.47 Å². The van der Waals surface area contributed by atoms with Gasteiger partial charge in [0.05, 0.1) is 13.2 Å². The van der Waals surface area contributed by atoms with Gasteiger partial charge in [0, 0.05) is 6.61 Å². The van der Waals surface area contributed by atoms with Gasteiger partial charge in [0.25, 0.3) is 0 Å². The molecule has 126 valence electrons. The highest BCUT2D eigenvalue weighted by molar-refractivity contribution is 5.39. The highest BCUT2D eigenvalue weighted by Crippen LogP contribution is 2.29. The summed E-state index contributed by atoms with van der Waals surface area (Å²) in [5.41, 5.74) is 2.91. The predicted octanol–water partition coefficient (Wildman–Crippen LogP) is 5.52. The van der Waals surface area contributed by atoms with Gasteiger partial charge in [-0.3, -0.25) is 0 Å². The lowest BCUT2D eigenvalue weighted by atomic mass is 9.85. The van der Waals surface area contributed by atoms with Crippen LogP contribution >= 0.6 is 0 Å². The Balaban J connectivity index is 2.44. The van der Waals surface area contributed by atoms with Crippen LogP contribution in [0.3, 0.4) is 0 Å². The van der Waals surface area contributed by atoms with Crippen molar-refractivity contribution in [1.29, 1.82) is 0 Å². The van der Waals surface area contributed by atoms with E-state index in [-0.39, 0.29) is 5.41 Å². The van der Waals surface area contributed by atoms with Crippen LogP contribution < -0.4 is 4.74 Å². The van der Waals surface area contributed by atoms with Crippen LogP contribution in [0.15, 0.2) is 18.2 Å². The van der Waals surface area contributed by atoms with Crippen molar-refractivity contribution in [1.82, 2.24) is 0 Å². The summed E-state index contributed by atoms with van der Waals surface area (Å²) < 4.78 is 11.1. The van der Waals surface area contributed by atoms with E-state index in [1.54, 1.807) is 7.11 Å². The summed E-state index contributed by atoms with van der Waals surface area (Å²) in [5, 5.41) is 0. The van der Waals surface area contributed by atoms with Crippen LogP contribution in [0.5, 0.6) is 5.75 Å². The second-order valence-electron chi connectivity index (χ2n) is 7.36. The SMILES string of the molecule is COc1ccc(C(C)(C)C)cc1CCCCCCOC(C)C. The third-order valence-electron chi connectivity index (χ3n) is 3.94. The summed E-state index contributed by atoms with van der Waals surface area (Å²) >= 11 is 0. The lowest BCUT2D eigenvalue weighted by molar-refractivity contribution is 0.0757. The van der Waals surface area contributed by atoms with E-state index in [9.17, 15) is 0 Å². The Morgan fingerprint density at radius 3 is 2.27 bits per heavy atom. The van der Waals surface area contributed by atoms with E-state index in [1.165, 1.54) is 30.4 Å². The zero-order valence-corrected chi connectivity index (χ0v) is 15.4. The van der Waals surface area contributed by atoms with Gasteiger partial charge in [-0.25, -0.2) is 0 Å². The monoisotopic (exact) mass is 306 g/mol. The van der Waals surface area contributed by atoms with Gasteiger partial charge in [0.2, 0.25) is 0 Å². The Bertz CT molecular complexity index is 430. The molecule has 0 aliphatic carbocycles. The van der Waals surface area contributed by atoms with E-state index < -0.39 is 0 Å². The number of ether oxygens (including phenoxy) is 2. The van der Waals surface area contributed by atoms with E-state index >= 15 is 0 Å². The molecule has 2 nitrogen and oxygen atoms in total. The second kappa shape index (κ2) is 9.19. The molecule has 0 amide bonds. The summed E-state index contributed by atoms with van der Waals surface area (Å²) in [5.74, 6) is 1.02. The number of unbranched alkanes of at least 4 members (excludes halogenated alkanes) is 3. The van der Waals surface area contributed by atoms with Gasteiger partial charge in [-0.1, -0.05) is 45.7 Å². The van der Waals surface area contributed by atoms with Crippen molar-refractivity contribution < 1.29 is 9.47 Å². The molecule has 0 saturated heterocycles. The summed E-state index contributed by atoms with van der Waals surface area (Å²) in [6.45, 7) is 11.8. The number of benzene rings is 1. The lowest BCUT2D eigenvalue weighted by Gasteiger charge is -2.21. The van der Waals surface area contributed by atoms with E-state index in [2.05, 4.69) is 52.8 Å². The Morgan fingerprint density at radius 1 is 1.00 bits per heavy atom. The van der Waals surface area contributed by atoms with Crippen molar-refractivity contribution in [2.75, 3.05) is 13.7 Å². The van der Waals surface area contributed by atoms with Crippen LogP contribution in [-0.4, -0.2) is 19.8 Å². The number of aryl methyl sites for hydroxylation is 1. The molecule has 0 fully saturated rings. The van der Waals surface area contributed by atoms with Gasteiger partial charge in [0.1, 0.15) is 5.75 Å². The summed E-state index contributed by atoms with van der Waals surface area (Å²) in [4.78, 5) is 0. The normalized spacial score (nSPS) is 12.0. The van der Waals surface area contributed by atoms with Crippen molar-refractivity contribution in [3.05, 3.63) is 29.3 Å². The van der Waals surface area contributed by atoms with Crippen LogP contribution in [0.4, 0.5) is 0 Å². The Morgan fingerprint density at radius 2 is 1.68 bits per heavy atom. The van der Waals surface area contributed by atoms with E-state index in [1.807, 2.05) is 0 Å². The van der Waals surface area contributed by atoms with Crippen molar-refractivity contribution in [2.45, 2.75) is 78.2 Å². The third-order valence-corrected chi connectivity index (χ3v) is 3.94. The molecule has 0 aliphatic heterocycles. The molecule has 0 bridgehead atoms. The second-order valence-corrected chi connectivity index (χ2v) is 7.36. The standard InChI is InChI=1S/C20H34O2/c1-16(2)22-14-10-8-7-9-11-17-15-18(20(3,4)5)12-13-19(17)21-6/h12-13,15-16H,7-11,14H2,1-6H3. The van der Waals surface area contributed by atoms with Gasteiger partial charge >= 0.3 is 0 Å². The molecule has 22 heavy (non-hydrogen) atoms. The maximum atomic E-state index is 5.58. The minimum absolute atomic E-state index is 0.190. The summed E-state index contributed by atoms with van der Waals surface area (Å²) in [6, 6.07) is 6.62. The largest absolute Gasteiger partial charge is 0.496 e. The van der Waals surface area contributed by atoms with Crippen LogP contribution in [0.1, 0.15) is 71.4 Å². The highest BCUT2D eigenvalue weighted by Gasteiger charge is 2.15. The Kier molecular flexibility index (Phi) is 7.95. The Labute approximate surface area is 137 Å². The summed E-state index contributed by atoms with van der Waals surface area (Å²) in [6.07, 6.45) is 6.32. The van der Waals surface area contributed by atoms with E-state index in [0.29, 0.717) is 6.10 Å². The van der Waals surface area contributed by atoms with E-state index in [4.69, 9.17) is 9.47 Å². The minimum atomic E-state index is 0.190. The topological polar surface area (TPSA) is 18.5 Å². The van der Waals surface area contributed by atoms with E-state index in [0.717, 1.165) is 25.2 Å². The zero-order valence-electron chi connectivity index (χ0n) is 15.4. The molecule has 0 N–H and O–H groups in total. The van der Waals surface area contributed by atoms with Crippen LogP contribution in [0.25, 0.3) is 0 Å². The van der Waals surface area contributed by atoms with Crippen molar-refractivity contribution >= 4 is 0 Å². The van der Waals surface area contributed by atoms with Crippen LogP contribution in [0.2, 0.25) is 0 Å². The fraction of sp³-hybridized carbons (Fsp3) is 0.700. The maximum absolute atomic E-state index is 5.58. The molecule has 1 aromatic carbocycles. The molecule has 0 spiro atoms. The average Bonchev–Trinajstić information content (AvgIpc) is 2.44. The first-order valence-electron chi connectivity index (χ1n) is 8.63. The highest BCUT2D eigenvalue weighted by atomic mass is 16.5. The predicted molar refractivity (Wildman–Crippen MR) is 95.0 cm³/mol. The molecule has 1 aromatic rings. The quantitative estimate of drug-likeness (QED) is 0.559. The van der Waals surface area contributed by atoms with Crippen molar-refractivity contribution in [3.8, 4) is 5.75 Å².